The minimum atomic E-state index is -1.17. The van der Waals surface area contributed by atoms with E-state index in [1.54, 1.807) is 12.1 Å². The summed E-state index contributed by atoms with van der Waals surface area (Å²) >= 11 is 3.24. The minimum Gasteiger partial charge on any atom is -0.496 e. The Labute approximate surface area is 106 Å². The molecule has 0 aliphatic carbocycles. The third kappa shape index (κ3) is 4.04. The fraction of sp³-hybridized carbons (Fsp3) is 0.200. The summed E-state index contributed by atoms with van der Waals surface area (Å²) in [6, 6.07) is 4.81. The molecule has 1 aromatic rings. The number of carbonyl (C=O) groups is 2. The van der Waals surface area contributed by atoms with E-state index in [4.69, 9.17) is 9.84 Å². The maximum atomic E-state index is 11.6. The SMILES string of the molecule is COc1cc(Br)ccc1C(=O)NOCC(=O)O. The lowest BCUT2D eigenvalue weighted by molar-refractivity contribution is -0.144. The first-order chi connectivity index (χ1) is 8.04. The van der Waals surface area contributed by atoms with E-state index in [1.807, 2.05) is 5.48 Å². The van der Waals surface area contributed by atoms with Crippen LogP contribution in [0, 0.1) is 0 Å². The summed E-state index contributed by atoms with van der Waals surface area (Å²) in [5, 5.41) is 8.33. The van der Waals surface area contributed by atoms with Crippen molar-refractivity contribution in [3.05, 3.63) is 28.2 Å². The van der Waals surface area contributed by atoms with E-state index in [9.17, 15) is 9.59 Å². The van der Waals surface area contributed by atoms with Crippen LogP contribution in [-0.2, 0) is 9.63 Å². The Kier molecular flexibility index (Phi) is 4.92. The van der Waals surface area contributed by atoms with Gasteiger partial charge in [0.1, 0.15) is 5.75 Å². The van der Waals surface area contributed by atoms with Gasteiger partial charge in [-0.1, -0.05) is 15.9 Å². The first-order valence-corrected chi connectivity index (χ1v) is 5.31. The topological polar surface area (TPSA) is 84.9 Å². The van der Waals surface area contributed by atoms with E-state index in [2.05, 4.69) is 20.8 Å². The summed E-state index contributed by atoms with van der Waals surface area (Å²) in [7, 11) is 1.43. The number of hydrogen-bond donors (Lipinski definition) is 2. The van der Waals surface area contributed by atoms with Crippen LogP contribution in [0.4, 0.5) is 0 Å². The van der Waals surface area contributed by atoms with Gasteiger partial charge < -0.3 is 9.84 Å². The Balaban J connectivity index is 2.71. The molecule has 0 atom stereocenters. The summed E-state index contributed by atoms with van der Waals surface area (Å²) in [4.78, 5) is 26.2. The van der Waals surface area contributed by atoms with E-state index in [0.717, 1.165) is 4.47 Å². The third-order valence-corrected chi connectivity index (χ3v) is 2.26. The lowest BCUT2D eigenvalue weighted by Crippen LogP contribution is -2.26. The third-order valence-electron chi connectivity index (χ3n) is 1.77. The summed E-state index contributed by atoms with van der Waals surface area (Å²) in [6.07, 6.45) is 0. The van der Waals surface area contributed by atoms with Crippen molar-refractivity contribution in [1.82, 2.24) is 5.48 Å². The molecule has 0 spiro atoms. The van der Waals surface area contributed by atoms with Gasteiger partial charge >= 0.3 is 5.97 Å². The number of carboxylic acids is 1. The highest BCUT2D eigenvalue weighted by molar-refractivity contribution is 9.10. The summed E-state index contributed by atoms with van der Waals surface area (Å²) < 4.78 is 5.77. The van der Waals surface area contributed by atoms with Gasteiger partial charge in [-0.3, -0.25) is 9.63 Å². The Morgan fingerprint density at radius 2 is 2.18 bits per heavy atom. The number of benzene rings is 1. The zero-order valence-corrected chi connectivity index (χ0v) is 10.5. The van der Waals surface area contributed by atoms with Crippen LogP contribution < -0.4 is 10.2 Å². The molecule has 92 valence electrons. The number of nitrogens with one attached hydrogen (secondary N) is 1. The first-order valence-electron chi connectivity index (χ1n) is 4.52. The molecule has 0 bridgehead atoms. The summed E-state index contributed by atoms with van der Waals surface area (Å²) in [6.45, 7) is -0.607. The Bertz CT molecular complexity index is 435. The van der Waals surface area contributed by atoms with Crippen LogP contribution >= 0.6 is 15.9 Å². The zero-order valence-electron chi connectivity index (χ0n) is 8.90. The molecule has 2 N–H and O–H groups in total. The summed E-state index contributed by atoms with van der Waals surface area (Å²) in [5.74, 6) is -1.39. The number of ether oxygens (including phenoxy) is 1. The molecule has 0 heterocycles. The molecule has 0 fully saturated rings. The van der Waals surface area contributed by atoms with Crippen molar-refractivity contribution in [3.63, 3.8) is 0 Å². The van der Waals surface area contributed by atoms with Crippen molar-refractivity contribution >= 4 is 27.8 Å². The van der Waals surface area contributed by atoms with E-state index in [0.29, 0.717) is 5.75 Å². The predicted octanol–water partition coefficient (Wildman–Crippen LogP) is 1.20. The monoisotopic (exact) mass is 303 g/mol. The normalized spacial score (nSPS) is 9.76. The molecule has 0 radical (unpaired) electrons. The first kappa shape index (κ1) is 13.5. The molecule has 1 rings (SSSR count). The van der Waals surface area contributed by atoms with Gasteiger partial charge in [0.15, 0.2) is 6.61 Å². The van der Waals surface area contributed by atoms with Gasteiger partial charge in [-0.15, -0.1) is 0 Å². The van der Waals surface area contributed by atoms with Crippen molar-refractivity contribution in [2.45, 2.75) is 0 Å². The second kappa shape index (κ2) is 6.21. The highest BCUT2D eigenvalue weighted by Crippen LogP contribution is 2.23. The van der Waals surface area contributed by atoms with Gasteiger partial charge in [0.2, 0.25) is 0 Å². The van der Waals surface area contributed by atoms with Crippen molar-refractivity contribution in [1.29, 1.82) is 0 Å². The average Bonchev–Trinajstić information content (AvgIpc) is 2.28. The molecule has 0 aromatic heterocycles. The lowest BCUT2D eigenvalue weighted by Gasteiger charge is -2.08. The quantitative estimate of drug-likeness (QED) is 0.799. The molecule has 0 aliphatic heterocycles. The molecule has 7 heteroatoms. The van der Waals surface area contributed by atoms with E-state index >= 15 is 0 Å². The van der Waals surface area contributed by atoms with Crippen LogP contribution in [0.5, 0.6) is 5.75 Å². The van der Waals surface area contributed by atoms with E-state index in [-0.39, 0.29) is 5.56 Å². The second-order valence-corrected chi connectivity index (χ2v) is 3.87. The van der Waals surface area contributed by atoms with E-state index < -0.39 is 18.5 Å². The fourth-order valence-corrected chi connectivity index (χ4v) is 1.41. The van der Waals surface area contributed by atoms with Gasteiger partial charge in [-0.2, -0.15) is 0 Å². The molecule has 6 nitrogen and oxygen atoms in total. The second-order valence-electron chi connectivity index (χ2n) is 2.96. The highest BCUT2D eigenvalue weighted by Gasteiger charge is 2.12. The highest BCUT2D eigenvalue weighted by atomic mass is 79.9. The van der Waals surface area contributed by atoms with Crippen LogP contribution in [0.1, 0.15) is 10.4 Å². The number of methoxy groups -OCH3 is 1. The van der Waals surface area contributed by atoms with Gasteiger partial charge in [0, 0.05) is 4.47 Å². The maximum absolute atomic E-state index is 11.6. The van der Waals surface area contributed by atoms with E-state index in [1.165, 1.54) is 13.2 Å². The van der Waals surface area contributed by atoms with Crippen LogP contribution in [-0.4, -0.2) is 30.7 Å². The fourth-order valence-electron chi connectivity index (χ4n) is 1.07. The number of carbonyl (C=O) groups excluding carboxylic acids is 1. The molecule has 17 heavy (non-hydrogen) atoms. The standard InChI is InChI=1S/C10H10BrNO5/c1-16-8-4-6(11)2-3-7(8)10(15)12-17-5-9(13)14/h2-4H,5H2,1H3,(H,12,15)(H,13,14). The molecular weight excluding hydrogens is 294 g/mol. The number of halogens is 1. The van der Waals surface area contributed by atoms with Gasteiger partial charge in [0.05, 0.1) is 12.7 Å². The molecule has 0 unspecified atom stereocenters. The van der Waals surface area contributed by atoms with Gasteiger partial charge in [-0.05, 0) is 18.2 Å². The minimum absolute atomic E-state index is 0.251. The summed E-state index contributed by atoms with van der Waals surface area (Å²) in [5.41, 5.74) is 2.26. The molecular formula is C10H10BrNO5. The van der Waals surface area contributed by atoms with Crippen LogP contribution in [0.3, 0.4) is 0 Å². The van der Waals surface area contributed by atoms with Crippen LogP contribution in [0.15, 0.2) is 22.7 Å². The van der Waals surface area contributed by atoms with Crippen molar-refractivity contribution in [2.75, 3.05) is 13.7 Å². The number of aliphatic carboxylic acids is 1. The number of hydrogen-bond acceptors (Lipinski definition) is 4. The Hall–Kier alpha value is -1.60. The van der Waals surface area contributed by atoms with Gasteiger partial charge in [-0.25, -0.2) is 10.3 Å². The van der Waals surface area contributed by atoms with Crippen molar-refractivity contribution < 1.29 is 24.3 Å². The molecule has 1 aromatic carbocycles. The predicted molar refractivity (Wildman–Crippen MR) is 61.7 cm³/mol. The average molecular weight is 304 g/mol. The van der Waals surface area contributed by atoms with Crippen molar-refractivity contribution in [3.8, 4) is 5.75 Å². The Morgan fingerprint density at radius 3 is 2.76 bits per heavy atom. The molecule has 0 aliphatic rings. The van der Waals surface area contributed by atoms with Crippen LogP contribution in [0.25, 0.3) is 0 Å². The zero-order chi connectivity index (χ0) is 12.8. The number of rotatable bonds is 5. The Morgan fingerprint density at radius 1 is 1.47 bits per heavy atom. The van der Waals surface area contributed by atoms with Crippen molar-refractivity contribution in [2.24, 2.45) is 0 Å². The number of hydroxylamine groups is 1. The van der Waals surface area contributed by atoms with Gasteiger partial charge in [0.25, 0.3) is 5.91 Å². The number of amides is 1. The molecule has 0 saturated carbocycles. The molecule has 0 saturated heterocycles. The maximum Gasteiger partial charge on any atom is 0.332 e. The smallest absolute Gasteiger partial charge is 0.332 e. The molecule has 1 amide bonds. The lowest BCUT2D eigenvalue weighted by atomic mass is 10.2. The largest absolute Gasteiger partial charge is 0.496 e. The number of carboxylic acid groups (broad SMARTS) is 1. The van der Waals surface area contributed by atoms with Crippen LogP contribution in [0.2, 0.25) is 0 Å².